The van der Waals surface area contributed by atoms with E-state index in [1.54, 1.807) is 19.1 Å². The van der Waals surface area contributed by atoms with Crippen molar-refractivity contribution in [2.24, 2.45) is 11.7 Å². The Balaban J connectivity index is 1.56. The second-order valence-electron chi connectivity index (χ2n) is 7.37. The van der Waals surface area contributed by atoms with Crippen LogP contribution in [0.5, 0.6) is 11.5 Å². The number of piperidine rings is 1. The lowest BCUT2D eigenvalue weighted by Gasteiger charge is -2.32. The van der Waals surface area contributed by atoms with E-state index in [0.717, 1.165) is 24.9 Å². The molecule has 7 heteroatoms. The van der Waals surface area contributed by atoms with Gasteiger partial charge in [-0.15, -0.1) is 0 Å². The van der Waals surface area contributed by atoms with Crippen LogP contribution in [0.4, 0.5) is 0 Å². The molecule has 2 N–H and O–H groups in total. The summed E-state index contributed by atoms with van der Waals surface area (Å²) in [4.78, 5) is 28.7. The van der Waals surface area contributed by atoms with Crippen LogP contribution in [-0.4, -0.2) is 68.1 Å². The number of nitrogens with two attached hydrogens (primary N) is 1. The van der Waals surface area contributed by atoms with Crippen molar-refractivity contribution in [1.29, 1.82) is 0 Å². The number of hydrogen-bond donors (Lipinski definition) is 1. The van der Waals surface area contributed by atoms with Crippen molar-refractivity contribution in [2.75, 3.05) is 40.4 Å². The summed E-state index contributed by atoms with van der Waals surface area (Å²) in [6, 6.07) is 5.82. The molecule has 2 aliphatic rings. The molecule has 7 nitrogen and oxygen atoms in total. The highest BCUT2D eigenvalue weighted by atomic mass is 16.5. The molecule has 0 aliphatic carbocycles. The first-order chi connectivity index (χ1) is 13.0. The summed E-state index contributed by atoms with van der Waals surface area (Å²) in [7, 11) is 3.21. The molecule has 0 bridgehead atoms. The van der Waals surface area contributed by atoms with Crippen LogP contribution in [0.1, 0.15) is 24.8 Å². The van der Waals surface area contributed by atoms with Gasteiger partial charge in [0.25, 0.3) is 0 Å². The molecule has 0 spiro atoms. The van der Waals surface area contributed by atoms with E-state index in [0.29, 0.717) is 44.0 Å². The molecule has 2 fully saturated rings. The third-order valence-electron chi connectivity index (χ3n) is 5.45. The van der Waals surface area contributed by atoms with Crippen LogP contribution in [0.2, 0.25) is 0 Å². The van der Waals surface area contributed by atoms with E-state index >= 15 is 0 Å². The predicted octanol–water partition coefficient (Wildman–Crippen LogP) is 1.04. The fraction of sp³-hybridized carbons (Fsp3) is 0.600. The van der Waals surface area contributed by atoms with E-state index in [-0.39, 0.29) is 23.8 Å². The Kier molecular flexibility index (Phi) is 6.21. The summed E-state index contributed by atoms with van der Waals surface area (Å²) >= 11 is 0. The molecule has 148 valence electrons. The van der Waals surface area contributed by atoms with Crippen LogP contribution in [0.25, 0.3) is 0 Å². The highest BCUT2D eigenvalue weighted by molar-refractivity contribution is 5.89. The number of ether oxygens (including phenoxy) is 2. The number of hydrogen-bond acceptors (Lipinski definition) is 5. The molecule has 2 amide bonds. The molecular weight excluding hydrogens is 346 g/mol. The maximum Gasteiger partial charge on any atom is 0.228 e. The number of carbonyl (C=O) groups is 2. The second kappa shape index (κ2) is 8.61. The summed E-state index contributed by atoms with van der Waals surface area (Å²) in [6.45, 7) is 2.45. The first kappa shape index (κ1) is 19.5. The Labute approximate surface area is 160 Å². The Morgan fingerprint density at radius 2 is 2.00 bits per heavy atom. The minimum atomic E-state index is -0.242. The quantitative estimate of drug-likeness (QED) is 0.803. The highest BCUT2D eigenvalue weighted by Gasteiger charge is 2.37. The summed E-state index contributed by atoms with van der Waals surface area (Å²) < 4.78 is 10.6. The Bertz CT molecular complexity index is 694. The fourth-order valence-electron chi connectivity index (χ4n) is 3.92. The zero-order valence-corrected chi connectivity index (χ0v) is 16.1. The number of rotatable bonds is 6. The number of nitrogens with zero attached hydrogens (tertiary/aromatic N) is 2. The summed E-state index contributed by atoms with van der Waals surface area (Å²) in [5.41, 5.74) is 7.05. The van der Waals surface area contributed by atoms with E-state index in [9.17, 15) is 9.59 Å². The van der Waals surface area contributed by atoms with Crippen LogP contribution >= 0.6 is 0 Å². The monoisotopic (exact) mass is 375 g/mol. The molecule has 0 saturated carbocycles. The lowest BCUT2D eigenvalue weighted by atomic mass is 10.0. The average molecular weight is 375 g/mol. The van der Waals surface area contributed by atoms with E-state index in [1.165, 1.54) is 0 Å². The molecule has 2 saturated heterocycles. The first-order valence-corrected chi connectivity index (χ1v) is 9.55. The lowest BCUT2D eigenvalue weighted by Crippen LogP contribution is -2.48. The van der Waals surface area contributed by atoms with Gasteiger partial charge >= 0.3 is 0 Å². The van der Waals surface area contributed by atoms with Crippen molar-refractivity contribution in [3.63, 3.8) is 0 Å². The third kappa shape index (κ3) is 4.53. The van der Waals surface area contributed by atoms with Gasteiger partial charge in [0.15, 0.2) is 11.5 Å². The maximum atomic E-state index is 12.7. The van der Waals surface area contributed by atoms with Gasteiger partial charge in [0.05, 0.1) is 20.1 Å². The first-order valence-electron chi connectivity index (χ1n) is 9.55. The molecule has 3 rings (SSSR count). The summed E-state index contributed by atoms with van der Waals surface area (Å²) in [5.74, 6) is 1.25. The average Bonchev–Trinajstić information content (AvgIpc) is 3.06. The van der Waals surface area contributed by atoms with E-state index in [2.05, 4.69) is 0 Å². The van der Waals surface area contributed by atoms with Gasteiger partial charge in [-0.25, -0.2) is 0 Å². The highest BCUT2D eigenvalue weighted by Crippen LogP contribution is 2.28. The Hall–Kier alpha value is -2.28. The minimum absolute atomic E-state index is 0.0511. The van der Waals surface area contributed by atoms with Gasteiger partial charge in [-0.3, -0.25) is 9.59 Å². The molecule has 2 aliphatic heterocycles. The van der Waals surface area contributed by atoms with Gasteiger partial charge in [-0.1, -0.05) is 6.07 Å². The SMILES string of the molecule is COc1ccc(CCN2CC(C(=O)N3CCCC(N)C3)CC2=O)cc1OC. The van der Waals surface area contributed by atoms with Crippen molar-refractivity contribution in [3.8, 4) is 11.5 Å². The van der Waals surface area contributed by atoms with Crippen molar-refractivity contribution in [1.82, 2.24) is 9.80 Å². The van der Waals surface area contributed by atoms with E-state index < -0.39 is 0 Å². The number of likely N-dealkylation sites (tertiary alicyclic amines) is 2. The van der Waals surface area contributed by atoms with Crippen LogP contribution in [0.15, 0.2) is 18.2 Å². The van der Waals surface area contributed by atoms with E-state index in [1.807, 2.05) is 23.1 Å². The van der Waals surface area contributed by atoms with Crippen molar-refractivity contribution < 1.29 is 19.1 Å². The van der Waals surface area contributed by atoms with Gasteiger partial charge in [0, 0.05) is 38.6 Å². The normalized spacial score (nSPS) is 22.9. The zero-order valence-electron chi connectivity index (χ0n) is 16.1. The number of carbonyl (C=O) groups excluding carboxylic acids is 2. The molecular formula is C20H29N3O4. The largest absolute Gasteiger partial charge is 0.493 e. The molecule has 2 unspecified atom stereocenters. The summed E-state index contributed by atoms with van der Waals surface area (Å²) in [5, 5.41) is 0. The minimum Gasteiger partial charge on any atom is -0.493 e. The Morgan fingerprint density at radius 1 is 1.22 bits per heavy atom. The molecule has 0 aromatic heterocycles. The van der Waals surface area contributed by atoms with Gasteiger partial charge in [-0.05, 0) is 37.0 Å². The number of benzene rings is 1. The lowest BCUT2D eigenvalue weighted by molar-refractivity contribution is -0.137. The number of amides is 2. The molecule has 2 atom stereocenters. The van der Waals surface area contributed by atoms with Gasteiger partial charge in [0.1, 0.15) is 0 Å². The fourth-order valence-corrected chi connectivity index (χ4v) is 3.92. The summed E-state index contributed by atoms with van der Waals surface area (Å²) in [6.07, 6.45) is 2.92. The van der Waals surface area contributed by atoms with E-state index in [4.69, 9.17) is 15.2 Å². The molecule has 27 heavy (non-hydrogen) atoms. The van der Waals surface area contributed by atoms with Crippen LogP contribution in [0, 0.1) is 5.92 Å². The van der Waals surface area contributed by atoms with Crippen LogP contribution in [-0.2, 0) is 16.0 Å². The van der Waals surface area contributed by atoms with Gasteiger partial charge in [0.2, 0.25) is 11.8 Å². The van der Waals surface area contributed by atoms with Crippen molar-refractivity contribution in [2.45, 2.75) is 31.7 Å². The maximum absolute atomic E-state index is 12.7. The molecule has 1 aromatic rings. The van der Waals surface area contributed by atoms with Crippen LogP contribution < -0.4 is 15.2 Å². The Morgan fingerprint density at radius 3 is 2.70 bits per heavy atom. The topological polar surface area (TPSA) is 85.1 Å². The predicted molar refractivity (Wildman–Crippen MR) is 102 cm³/mol. The smallest absolute Gasteiger partial charge is 0.228 e. The van der Waals surface area contributed by atoms with Crippen molar-refractivity contribution >= 4 is 11.8 Å². The number of methoxy groups -OCH3 is 2. The van der Waals surface area contributed by atoms with Gasteiger partial charge in [-0.2, -0.15) is 0 Å². The van der Waals surface area contributed by atoms with Crippen LogP contribution in [0.3, 0.4) is 0 Å². The zero-order chi connectivity index (χ0) is 19.4. The second-order valence-corrected chi connectivity index (χ2v) is 7.37. The van der Waals surface area contributed by atoms with Crippen molar-refractivity contribution in [3.05, 3.63) is 23.8 Å². The molecule has 2 heterocycles. The molecule has 0 radical (unpaired) electrons. The molecule has 1 aromatic carbocycles. The van der Waals surface area contributed by atoms with Gasteiger partial charge < -0.3 is 25.0 Å². The third-order valence-corrected chi connectivity index (χ3v) is 5.45. The standard InChI is InChI=1S/C20H29N3O4/c1-26-17-6-5-14(10-18(17)27-2)7-9-22-12-15(11-19(22)24)20(25)23-8-3-4-16(21)13-23/h5-6,10,15-16H,3-4,7-9,11-13,21H2,1-2H3.